The van der Waals surface area contributed by atoms with Gasteiger partial charge in [0.2, 0.25) is 0 Å². The third kappa shape index (κ3) is 4.04. The van der Waals surface area contributed by atoms with Crippen LogP contribution in [0.3, 0.4) is 0 Å². The highest BCUT2D eigenvalue weighted by Gasteiger charge is 2.23. The molecular formula is C19H18ClN5OS. The first-order valence-electron chi connectivity index (χ1n) is 8.62. The minimum Gasteiger partial charge on any atom is -0.345 e. The van der Waals surface area contributed by atoms with Gasteiger partial charge in [0.15, 0.2) is 5.13 Å². The quantitative estimate of drug-likeness (QED) is 0.716. The van der Waals surface area contributed by atoms with Crippen LogP contribution in [-0.2, 0) is 0 Å². The lowest BCUT2D eigenvalue weighted by Gasteiger charge is -2.34. The summed E-state index contributed by atoms with van der Waals surface area (Å²) >= 11 is 7.87. The number of piperazine rings is 1. The fourth-order valence-electron chi connectivity index (χ4n) is 2.94. The van der Waals surface area contributed by atoms with Crippen molar-refractivity contribution >= 4 is 39.8 Å². The van der Waals surface area contributed by atoms with Crippen LogP contribution >= 0.6 is 22.9 Å². The van der Waals surface area contributed by atoms with E-state index >= 15 is 0 Å². The number of benzene rings is 1. The zero-order valence-electron chi connectivity index (χ0n) is 14.5. The fraction of sp³-hybridized carbons (Fsp3) is 0.211. The van der Waals surface area contributed by atoms with E-state index in [9.17, 15) is 4.79 Å². The highest BCUT2D eigenvalue weighted by atomic mass is 35.5. The maximum Gasteiger partial charge on any atom is 0.322 e. The van der Waals surface area contributed by atoms with Crippen LogP contribution in [0.1, 0.15) is 0 Å². The molecule has 0 saturated carbocycles. The van der Waals surface area contributed by atoms with Crippen molar-refractivity contribution in [2.24, 2.45) is 0 Å². The lowest BCUT2D eigenvalue weighted by atomic mass is 10.2. The zero-order valence-corrected chi connectivity index (χ0v) is 16.1. The molecule has 1 N–H and O–H groups in total. The molecule has 0 unspecified atom stereocenters. The number of carbonyl (C=O) groups is 1. The van der Waals surface area contributed by atoms with Crippen molar-refractivity contribution < 1.29 is 4.79 Å². The molecule has 3 heterocycles. The molecule has 8 heteroatoms. The van der Waals surface area contributed by atoms with Crippen LogP contribution in [-0.4, -0.2) is 47.1 Å². The molecular weight excluding hydrogens is 382 g/mol. The second-order valence-corrected chi connectivity index (χ2v) is 7.38. The van der Waals surface area contributed by atoms with E-state index in [1.807, 2.05) is 40.6 Å². The minimum absolute atomic E-state index is 0.0986. The number of thiazole rings is 1. The number of anilines is 2. The van der Waals surface area contributed by atoms with Crippen molar-refractivity contribution in [1.82, 2.24) is 14.9 Å². The summed E-state index contributed by atoms with van der Waals surface area (Å²) in [6, 6.07) is 11.2. The predicted molar refractivity (Wildman–Crippen MR) is 110 cm³/mol. The molecule has 1 fully saturated rings. The maximum absolute atomic E-state index is 12.4. The number of nitrogens with one attached hydrogen (secondary N) is 1. The van der Waals surface area contributed by atoms with Crippen LogP contribution in [0.15, 0.2) is 54.2 Å². The highest BCUT2D eigenvalue weighted by Crippen LogP contribution is 2.32. The van der Waals surface area contributed by atoms with E-state index < -0.39 is 0 Å². The summed E-state index contributed by atoms with van der Waals surface area (Å²) in [5.74, 6) is 0. The third-order valence-corrected chi connectivity index (χ3v) is 5.62. The zero-order chi connectivity index (χ0) is 18.6. The summed E-state index contributed by atoms with van der Waals surface area (Å²) in [6.07, 6.45) is 3.32. The number of pyridine rings is 1. The molecule has 6 nitrogen and oxygen atoms in total. The lowest BCUT2D eigenvalue weighted by molar-refractivity contribution is 0.208. The van der Waals surface area contributed by atoms with Crippen molar-refractivity contribution in [1.29, 1.82) is 0 Å². The van der Waals surface area contributed by atoms with Gasteiger partial charge in [-0.2, -0.15) is 0 Å². The van der Waals surface area contributed by atoms with Crippen molar-refractivity contribution in [3.05, 3.63) is 59.2 Å². The summed E-state index contributed by atoms with van der Waals surface area (Å²) in [5, 5.41) is 6.56. The van der Waals surface area contributed by atoms with Gasteiger partial charge in [0, 0.05) is 48.3 Å². The van der Waals surface area contributed by atoms with Gasteiger partial charge in [0.05, 0.1) is 17.6 Å². The number of carbonyl (C=O) groups excluding carboxylic acids is 1. The molecule has 0 bridgehead atoms. The Labute approximate surface area is 166 Å². The number of aromatic nitrogens is 2. The van der Waals surface area contributed by atoms with Gasteiger partial charge in [-0.05, 0) is 18.2 Å². The maximum atomic E-state index is 12.4. The molecule has 1 aliphatic rings. The Bertz CT molecular complexity index is 925. The molecule has 138 valence electrons. The number of urea groups is 1. The molecule has 0 atom stereocenters. The molecule has 3 aromatic rings. The lowest BCUT2D eigenvalue weighted by Crippen LogP contribution is -2.50. The average Bonchev–Trinajstić information content (AvgIpc) is 3.19. The van der Waals surface area contributed by atoms with E-state index in [4.69, 9.17) is 16.6 Å². The molecule has 0 aliphatic carbocycles. The number of hydrogen-bond donors (Lipinski definition) is 1. The van der Waals surface area contributed by atoms with E-state index in [0.717, 1.165) is 29.5 Å². The molecule has 4 rings (SSSR count). The Kier molecular flexibility index (Phi) is 5.22. The van der Waals surface area contributed by atoms with Crippen LogP contribution in [0.5, 0.6) is 0 Å². The van der Waals surface area contributed by atoms with Gasteiger partial charge in [0.1, 0.15) is 0 Å². The third-order valence-electron chi connectivity index (χ3n) is 4.39. The Morgan fingerprint density at radius 1 is 1.11 bits per heavy atom. The minimum atomic E-state index is -0.0986. The Morgan fingerprint density at radius 2 is 1.93 bits per heavy atom. The van der Waals surface area contributed by atoms with Crippen molar-refractivity contribution in [3.8, 4) is 11.3 Å². The molecule has 0 radical (unpaired) electrons. The van der Waals surface area contributed by atoms with Gasteiger partial charge in [-0.15, -0.1) is 11.3 Å². The summed E-state index contributed by atoms with van der Waals surface area (Å²) in [6.45, 7) is 2.78. The molecule has 1 aliphatic heterocycles. The van der Waals surface area contributed by atoms with E-state index in [1.54, 1.807) is 29.8 Å². The van der Waals surface area contributed by atoms with Gasteiger partial charge in [0.25, 0.3) is 0 Å². The van der Waals surface area contributed by atoms with E-state index in [1.165, 1.54) is 0 Å². The molecule has 27 heavy (non-hydrogen) atoms. The predicted octanol–water partition coefficient (Wildman–Crippen LogP) is 4.21. The highest BCUT2D eigenvalue weighted by molar-refractivity contribution is 7.14. The van der Waals surface area contributed by atoms with Crippen LogP contribution in [0, 0.1) is 0 Å². The first-order chi connectivity index (χ1) is 13.2. The molecule has 2 amide bonds. The van der Waals surface area contributed by atoms with Crippen molar-refractivity contribution in [2.45, 2.75) is 0 Å². The first-order valence-corrected chi connectivity index (χ1v) is 9.88. The summed E-state index contributed by atoms with van der Waals surface area (Å²) in [7, 11) is 0. The summed E-state index contributed by atoms with van der Waals surface area (Å²) in [5.41, 5.74) is 2.53. The molecule has 1 saturated heterocycles. The molecule has 2 aromatic heterocycles. The molecule has 0 spiro atoms. The van der Waals surface area contributed by atoms with Crippen LogP contribution in [0.25, 0.3) is 11.3 Å². The van der Waals surface area contributed by atoms with E-state index in [-0.39, 0.29) is 6.03 Å². The van der Waals surface area contributed by atoms with Crippen molar-refractivity contribution in [3.63, 3.8) is 0 Å². The normalized spacial score (nSPS) is 14.3. The van der Waals surface area contributed by atoms with Crippen molar-refractivity contribution in [2.75, 3.05) is 36.4 Å². The second kappa shape index (κ2) is 7.94. The number of hydrogen-bond acceptors (Lipinski definition) is 5. The first kappa shape index (κ1) is 17.8. The van der Waals surface area contributed by atoms with Crippen LogP contribution in [0.4, 0.5) is 15.6 Å². The average molecular weight is 400 g/mol. The van der Waals surface area contributed by atoms with Gasteiger partial charge in [-0.3, -0.25) is 4.98 Å². The molecule has 1 aromatic carbocycles. The van der Waals surface area contributed by atoms with E-state index in [0.29, 0.717) is 23.8 Å². The number of amides is 2. The van der Waals surface area contributed by atoms with E-state index in [2.05, 4.69) is 15.2 Å². The van der Waals surface area contributed by atoms with Crippen LogP contribution < -0.4 is 10.2 Å². The number of nitrogens with zero attached hydrogens (tertiary/aromatic N) is 4. The number of rotatable bonds is 3. The number of halogens is 1. The van der Waals surface area contributed by atoms with Crippen LogP contribution in [0.2, 0.25) is 5.02 Å². The van der Waals surface area contributed by atoms with Gasteiger partial charge >= 0.3 is 6.03 Å². The smallest absolute Gasteiger partial charge is 0.322 e. The Morgan fingerprint density at radius 3 is 2.67 bits per heavy atom. The standard InChI is InChI=1S/C19H18ClN5OS/c20-16-6-2-1-5-15(16)17-13-27-19(23-17)25-10-8-24(9-11-25)18(26)22-14-4-3-7-21-12-14/h1-7,12-13H,8-11H2,(H,22,26). The second-order valence-electron chi connectivity index (χ2n) is 6.14. The Balaban J connectivity index is 1.37. The van der Waals surface area contributed by atoms with Gasteiger partial charge < -0.3 is 15.1 Å². The Hall–Kier alpha value is -2.64. The topological polar surface area (TPSA) is 61.4 Å². The van der Waals surface area contributed by atoms with Gasteiger partial charge in [-0.25, -0.2) is 9.78 Å². The SMILES string of the molecule is O=C(Nc1cccnc1)N1CCN(c2nc(-c3ccccc3Cl)cs2)CC1. The fourth-order valence-corrected chi connectivity index (χ4v) is 4.05. The van der Waals surface area contributed by atoms with Gasteiger partial charge in [-0.1, -0.05) is 29.8 Å². The largest absolute Gasteiger partial charge is 0.345 e. The summed E-state index contributed by atoms with van der Waals surface area (Å²) in [4.78, 5) is 25.1. The monoisotopic (exact) mass is 399 g/mol. The summed E-state index contributed by atoms with van der Waals surface area (Å²) < 4.78 is 0.